The minimum Gasteiger partial charge on any atom is -0.306 e. The number of benzene rings is 3. The van der Waals surface area contributed by atoms with Gasteiger partial charge in [-0.05, 0) is 48.0 Å². The first kappa shape index (κ1) is 16.2. The standard InChI is InChI=1S/C20H15BrClN3/c21-15-9-11-16(12-10-15)25-19-8-4-3-7-18(19)24(20(25)23)13-14-5-1-2-6-17(14)22/h1-12,23H,13H2. The van der Waals surface area contributed by atoms with E-state index in [9.17, 15) is 0 Å². The van der Waals surface area contributed by atoms with Gasteiger partial charge in [0.25, 0.3) is 0 Å². The number of fused-ring (bicyclic) bond motifs is 1. The highest BCUT2D eigenvalue weighted by molar-refractivity contribution is 9.10. The van der Waals surface area contributed by atoms with E-state index in [2.05, 4.69) is 15.9 Å². The van der Waals surface area contributed by atoms with Gasteiger partial charge in [-0.25, -0.2) is 0 Å². The Bertz CT molecular complexity index is 1110. The van der Waals surface area contributed by atoms with E-state index in [1.807, 2.05) is 81.9 Å². The third-order valence-corrected chi connectivity index (χ3v) is 5.15. The SMILES string of the molecule is N=c1n(Cc2ccccc2Cl)c2ccccc2n1-c1ccc(Br)cc1. The largest absolute Gasteiger partial charge is 0.306 e. The average Bonchev–Trinajstić information content (AvgIpc) is 2.90. The second-order valence-electron chi connectivity index (χ2n) is 5.80. The first-order chi connectivity index (χ1) is 12.1. The van der Waals surface area contributed by atoms with Gasteiger partial charge in [0.15, 0.2) is 0 Å². The van der Waals surface area contributed by atoms with Crippen LogP contribution in [0.4, 0.5) is 0 Å². The monoisotopic (exact) mass is 411 g/mol. The molecule has 4 aromatic rings. The molecule has 0 aliphatic heterocycles. The van der Waals surface area contributed by atoms with E-state index >= 15 is 0 Å². The second-order valence-corrected chi connectivity index (χ2v) is 7.12. The predicted molar refractivity (Wildman–Crippen MR) is 105 cm³/mol. The van der Waals surface area contributed by atoms with E-state index in [1.165, 1.54) is 0 Å². The lowest BCUT2D eigenvalue weighted by Gasteiger charge is -2.07. The molecule has 3 aromatic carbocycles. The van der Waals surface area contributed by atoms with Crippen LogP contribution in [0.5, 0.6) is 0 Å². The summed E-state index contributed by atoms with van der Waals surface area (Å²) in [6.45, 7) is 0.558. The van der Waals surface area contributed by atoms with Crippen LogP contribution in [-0.4, -0.2) is 9.13 Å². The number of aromatic nitrogens is 2. The Labute approximate surface area is 158 Å². The molecular weight excluding hydrogens is 398 g/mol. The fourth-order valence-corrected chi connectivity index (χ4v) is 3.50. The first-order valence-electron chi connectivity index (χ1n) is 7.89. The van der Waals surface area contributed by atoms with Gasteiger partial charge < -0.3 is 4.57 Å². The third-order valence-electron chi connectivity index (χ3n) is 4.25. The molecule has 3 nitrogen and oxygen atoms in total. The summed E-state index contributed by atoms with van der Waals surface area (Å²) in [4.78, 5) is 0. The molecule has 1 N–H and O–H groups in total. The van der Waals surface area contributed by atoms with Crippen LogP contribution in [0.15, 0.2) is 77.3 Å². The summed E-state index contributed by atoms with van der Waals surface area (Å²) in [5.74, 6) is 0. The molecular formula is C20H15BrClN3. The number of nitrogens with zero attached hydrogens (tertiary/aromatic N) is 2. The first-order valence-corrected chi connectivity index (χ1v) is 9.06. The van der Waals surface area contributed by atoms with Crippen molar-refractivity contribution in [3.05, 3.63) is 93.5 Å². The fourth-order valence-electron chi connectivity index (χ4n) is 3.04. The van der Waals surface area contributed by atoms with E-state index in [-0.39, 0.29) is 0 Å². The Morgan fingerprint density at radius 3 is 2.20 bits per heavy atom. The molecule has 0 aliphatic rings. The van der Waals surface area contributed by atoms with Gasteiger partial charge in [0.1, 0.15) is 0 Å². The zero-order valence-electron chi connectivity index (χ0n) is 13.3. The van der Waals surface area contributed by atoms with Crippen LogP contribution in [0.2, 0.25) is 5.02 Å². The van der Waals surface area contributed by atoms with Gasteiger partial charge in [-0.3, -0.25) is 9.98 Å². The molecule has 25 heavy (non-hydrogen) atoms. The van der Waals surface area contributed by atoms with Crippen molar-refractivity contribution in [1.82, 2.24) is 9.13 Å². The van der Waals surface area contributed by atoms with Crippen LogP contribution in [0.3, 0.4) is 0 Å². The van der Waals surface area contributed by atoms with Crippen LogP contribution >= 0.6 is 27.5 Å². The van der Waals surface area contributed by atoms with Crippen molar-refractivity contribution >= 4 is 38.6 Å². The molecule has 0 unspecified atom stereocenters. The molecule has 0 fully saturated rings. The topological polar surface area (TPSA) is 33.7 Å². The molecule has 1 aromatic heterocycles. The second kappa shape index (κ2) is 6.54. The lowest BCUT2D eigenvalue weighted by atomic mass is 10.2. The third kappa shape index (κ3) is 2.92. The Hall–Kier alpha value is -2.30. The van der Waals surface area contributed by atoms with Gasteiger partial charge in [0.05, 0.1) is 17.6 Å². The molecule has 0 saturated heterocycles. The summed E-state index contributed by atoms with van der Waals surface area (Å²) in [6.07, 6.45) is 0. The smallest absolute Gasteiger partial charge is 0.208 e. The molecule has 0 amide bonds. The van der Waals surface area contributed by atoms with E-state index in [0.29, 0.717) is 12.2 Å². The lowest BCUT2D eigenvalue weighted by molar-refractivity contribution is 0.724. The molecule has 0 aliphatic carbocycles. The van der Waals surface area contributed by atoms with Crippen molar-refractivity contribution in [2.45, 2.75) is 6.54 Å². The molecule has 4 rings (SSSR count). The van der Waals surface area contributed by atoms with Gasteiger partial charge in [0.2, 0.25) is 5.62 Å². The van der Waals surface area contributed by atoms with Crippen molar-refractivity contribution in [2.75, 3.05) is 0 Å². The highest BCUT2D eigenvalue weighted by Crippen LogP contribution is 2.22. The van der Waals surface area contributed by atoms with Crippen molar-refractivity contribution in [3.63, 3.8) is 0 Å². The molecule has 1 heterocycles. The highest BCUT2D eigenvalue weighted by Gasteiger charge is 2.13. The molecule has 0 spiro atoms. The summed E-state index contributed by atoms with van der Waals surface area (Å²) in [5.41, 5.74) is 4.39. The number of hydrogen-bond donors (Lipinski definition) is 1. The van der Waals surface area contributed by atoms with Gasteiger partial charge in [0, 0.05) is 15.2 Å². The molecule has 0 saturated carbocycles. The average molecular weight is 413 g/mol. The minimum absolute atomic E-state index is 0.420. The summed E-state index contributed by atoms with van der Waals surface area (Å²) in [5, 5.41) is 9.47. The van der Waals surface area contributed by atoms with E-state index < -0.39 is 0 Å². The molecule has 0 radical (unpaired) electrons. The number of rotatable bonds is 3. The van der Waals surface area contributed by atoms with E-state index in [1.54, 1.807) is 0 Å². The van der Waals surface area contributed by atoms with Crippen molar-refractivity contribution in [2.24, 2.45) is 0 Å². The number of hydrogen-bond acceptors (Lipinski definition) is 1. The quantitative estimate of drug-likeness (QED) is 0.469. The van der Waals surface area contributed by atoms with Gasteiger partial charge >= 0.3 is 0 Å². The fraction of sp³-hybridized carbons (Fsp3) is 0.0500. The van der Waals surface area contributed by atoms with Crippen LogP contribution in [-0.2, 0) is 6.54 Å². The van der Waals surface area contributed by atoms with Gasteiger partial charge in [-0.1, -0.05) is 57.9 Å². The molecule has 124 valence electrons. The molecule has 5 heteroatoms. The normalized spacial score (nSPS) is 11.1. The number of halogens is 2. The zero-order chi connectivity index (χ0) is 17.4. The number of nitrogens with one attached hydrogen (secondary N) is 1. The van der Waals surface area contributed by atoms with Gasteiger partial charge in [-0.2, -0.15) is 0 Å². The van der Waals surface area contributed by atoms with Gasteiger partial charge in [-0.15, -0.1) is 0 Å². The Balaban J connectivity index is 1.94. The Kier molecular flexibility index (Phi) is 4.24. The minimum atomic E-state index is 0.420. The van der Waals surface area contributed by atoms with E-state index in [0.717, 1.165) is 31.8 Å². The maximum atomic E-state index is 8.76. The summed E-state index contributed by atoms with van der Waals surface area (Å²) >= 11 is 9.80. The number of imidazole rings is 1. The highest BCUT2D eigenvalue weighted by atomic mass is 79.9. The van der Waals surface area contributed by atoms with Crippen LogP contribution in [0.25, 0.3) is 16.7 Å². The van der Waals surface area contributed by atoms with Crippen molar-refractivity contribution in [1.29, 1.82) is 5.41 Å². The Morgan fingerprint density at radius 2 is 1.48 bits per heavy atom. The predicted octanol–water partition coefficient (Wildman–Crippen LogP) is 5.38. The zero-order valence-corrected chi connectivity index (χ0v) is 15.6. The number of para-hydroxylation sites is 2. The lowest BCUT2D eigenvalue weighted by Crippen LogP contribution is -2.24. The maximum Gasteiger partial charge on any atom is 0.208 e. The van der Waals surface area contributed by atoms with Crippen molar-refractivity contribution in [3.8, 4) is 5.69 Å². The van der Waals surface area contributed by atoms with Crippen LogP contribution in [0.1, 0.15) is 5.56 Å². The maximum absolute atomic E-state index is 8.76. The Morgan fingerprint density at radius 1 is 0.840 bits per heavy atom. The van der Waals surface area contributed by atoms with E-state index in [4.69, 9.17) is 17.0 Å². The molecule has 0 atom stereocenters. The van der Waals surface area contributed by atoms with Crippen LogP contribution in [0, 0.1) is 5.41 Å². The summed E-state index contributed by atoms with van der Waals surface area (Å²) in [6, 6.07) is 23.8. The van der Waals surface area contributed by atoms with Crippen LogP contribution < -0.4 is 5.62 Å². The summed E-state index contributed by atoms with van der Waals surface area (Å²) < 4.78 is 4.96. The summed E-state index contributed by atoms with van der Waals surface area (Å²) in [7, 11) is 0. The van der Waals surface area contributed by atoms with Crippen molar-refractivity contribution < 1.29 is 0 Å². The molecule has 0 bridgehead atoms.